The molecule has 2 aliphatic rings. The Labute approximate surface area is 563 Å². The first-order chi connectivity index (χ1) is 45.6. The molecule has 0 saturated carbocycles. The SMILES string of the molecule is CC/C=C\C/C=C\C/C=C\C/C=C\C/C=C\C/C=C\C/C=C\C/C=C\C/C=C\C/C=C\C/C=C\C/C=C\CCCCC(=O)NC(COC1OC(CO)C(OC2OC(CO)C(O)C(O)C2O)C(O)C1O)C(O)/C=C/CCCCCCCCCCCCCCCCCCCC. The van der Waals surface area contributed by atoms with E-state index >= 15 is 0 Å². The van der Waals surface area contributed by atoms with E-state index in [4.69, 9.17) is 18.9 Å². The molecule has 528 valence electrons. The first kappa shape index (κ1) is 84.7. The second-order valence-electron chi connectivity index (χ2n) is 24.6. The van der Waals surface area contributed by atoms with Crippen molar-refractivity contribution < 1.29 is 64.6 Å². The Kier molecular flexibility index (Phi) is 55.8. The topological polar surface area (TPSA) is 228 Å². The summed E-state index contributed by atoms with van der Waals surface area (Å²) < 4.78 is 22.8. The van der Waals surface area contributed by atoms with Crippen molar-refractivity contribution in [1.82, 2.24) is 5.32 Å². The Balaban J connectivity index is 1.69. The molecule has 12 unspecified atom stereocenters. The molecule has 2 saturated heterocycles. The van der Waals surface area contributed by atoms with Crippen LogP contribution in [0.5, 0.6) is 0 Å². The van der Waals surface area contributed by atoms with Gasteiger partial charge in [0.1, 0.15) is 48.8 Å². The molecule has 93 heavy (non-hydrogen) atoms. The van der Waals surface area contributed by atoms with E-state index in [0.29, 0.717) is 6.42 Å². The van der Waals surface area contributed by atoms with E-state index < -0.39 is 86.8 Å². The fourth-order valence-corrected chi connectivity index (χ4v) is 10.7. The van der Waals surface area contributed by atoms with Crippen LogP contribution in [0.1, 0.15) is 239 Å². The summed E-state index contributed by atoms with van der Waals surface area (Å²) in [5.41, 5.74) is 0. The Morgan fingerprint density at radius 1 is 0.398 bits per heavy atom. The molecule has 0 aliphatic carbocycles. The summed E-state index contributed by atoms with van der Waals surface area (Å²) in [5.74, 6) is -0.287. The zero-order valence-corrected chi connectivity index (χ0v) is 57.4. The number of unbranched alkanes of at least 4 members (excludes halogenated alkanes) is 20. The molecule has 1 amide bonds. The molecule has 9 N–H and O–H groups in total. The van der Waals surface area contributed by atoms with Crippen LogP contribution in [0.25, 0.3) is 0 Å². The van der Waals surface area contributed by atoms with Crippen LogP contribution in [-0.4, -0.2) is 140 Å². The number of aliphatic hydroxyl groups excluding tert-OH is 8. The molecule has 0 spiro atoms. The lowest BCUT2D eigenvalue weighted by Gasteiger charge is -2.46. The Hall–Kier alpha value is -4.39. The highest BCUT2D eigenvalue weighted by Gasteiger charge is 2.51. The molecule has 0 bridgehead atoms. The second-order valence-corrected chi connectivity index (χ2v) is 24.6. The smallest absolute Gasteiger partial charge is 0.220 e. The number of carbonyl (C=O) groups excluding carboxylic acids is 1. The summed E-state index contributed by atoms with van der Waals surface area (Å²) in [6.07, 6.45) is 77.2. The molecular weight excluding hydrogens is 1170 g/mol. The minimum absolute atomic E-state index is 0.216. The Morgan fingerprint density at radius 2 is 0.742 bits per heavy atom. The maximum Gasteiger partial charge on any atom is 0.220 e. The molecule has 2 heterocycles. The van der Waals surface area contributed by atoms with Crippen molar-refractivity contribution in [1.29, 1.82) is 0 Å². The Morgan fingerprint density at radius 3 is 1.14 bits per heavy atom. The fraction of sp³-hybridized carbons (Fsp3) is 0.658. The van der Waals surface area contributed by atoms with E-state index in [0.717, 1.165) is 116 Å². The molecule has 12 atom stereocenters. The zero-order valence-electron chi connectivity index (χ0n) is 57.4. The third kappa shape index (κ3) is 44.9. The number of carbonyl (C=O) groups is 1. The summed E-state index contributed by atoms with van der Waals surface area (Å²) in [5, 5.41) is 87.4. The van der Waals surface area contributed by atoms with Crippen LogP contribution in [0.15, 0.2) is 158 Å². The van der Waals surface area contributed by atoms with Gasteiger partial charge in [-0.2, -0.15) is 0 Å². The summed E-state index contributed by atoms with van der Waals surface area (Å²) in [6.45, 7) is 2.66. The van der Waals surface area contributed by atoms with Crippen molar-refractivity contribution in [2.75, 3.05) is 19.8 Å². The number of hydrogen-bond acceptors (Lipinski definition) is 13. The molecule has 2 fully saturated rings. The first-order valence-corrected chi connectivity index (χ1v) is 36.2. The van der Waals surface area contributed by atoms with Gasteiger partial charge in [-0.1, -0.05) is 281 Å². The Bertz CT molecular complexity index is 2170. The van der Waals surface area contributed by atoms with Gasteiger partial charge in [-0.25, -0.2) is 0 Å². The van der Waals surface area contributed by atoms with E-state index in [9.17, 15) is 45.6 Å². The minimum atomic E-state index is -1.80. The maximum atomic E-state index is 13.3. The molecule has 0 aromatic heterocycles. The normalized spacial score (nSPS) is 23.5. The number of aliphatic hydroxyl groups is 8. The van der Waals surface area contributed by atoms with Gasteiger partial charge in [-0.3, -0.25) is 4.79 Å². The van der Waals surface area contributed by atoms with Crippen molar-refractivity contribution in [3.63, 3.8) is 0 Å². The number of nitrogens with one attached hydrogen (secondary N) is 1. The van der Waals surface area contributed by atoms with Gasteiger partial charge in [0.2, 0.25) is 5.91 Å². The average Bonchev–Trinajstić information content (AvgIpc) is 0.854. The van der Waals surface area contributed by atoms with Gasteiger partial charge in [0.05, 0.1) is 32.0 Å². The largest absolute Gasteiger partial charge is 0.394 e. The number of allylic oxidation sites excluding steroid dienone is 25. The molecule has 0 aromatic carbocycles. The summed E-state index contributed by atoms with van der Waals surface area (Å²) in [6, 6.07) is -0.951. The highest BCUT2D eigenvalue weighted by atomic mass is 16.7. The molecule has 0 radical (unpaired) electrons. The predicted octanol–water partition coefficient (Wildman–Crippen LogP) is 15.4. The van der Waals surface area contributed by atoms with Crippen LogP contribution in [0.2, 0.25) is 0 Å². The van der Waals surface area contributed by atoms with Gasteiger partial charge in [-0.15, -0.1) is 0 Å². The standard InChI is InChI=1S/C79H129NO13/c1-3-5-7-9-11-13-15-17-19-21-23-25-26-27-28-29-30-31-32-33-34-35-36-37-38-39-40-41-42-43-45-47-49-51-53-55-57-59-61-63-71(84)80-67(68(83)62-60-58-56-54-52-50-48-46-44-24-22-20-18-16-14-12-10-8-6-4-2)66-90-78-76(89)74(87)77(70(65-82)92-78)93-79-75(88)73(86)72(85)69(64-81)91-79/h5,7,11,13,17,19,23,25,27-28,30-31,33-34,36-37,39-40,42-43,47,49,53,55,60,62,67-70,72-79,81-83,85-89H,3-4,6,8-10,12,14-16,18,20-22,24,26,29,32,35,38,41,44-46,48,50-52,54,56-59,61,63-66H2,1-2H3,(H,80,84)/b7-5-,13-11-,19-17-,25-23-,28-27-,31-30-,34-33-,37-36-,40-39-,43-42-,49-47-,55-53-,62-60+. The van der Waals surface area contributed by atoms with Crippen LogP contribution in [-0.2, 0) is 23.7 Å². The summed E-state index contributed by atoms with van der Waals surface area (Å²) in [4.78, 5) is 13.3. The van der Waals surface area contributed by atoms with Crippen molar-refractivity contribution in [2.45, 2.75) is 312 Å². The monoisotopic (exact) mass is 1300 g/mol. The predicted molar refractivity (Wildman–Crippen MR) is 382 cm³/mol. The van der Waals surface area contributed by atoms with E-state index in [1.165, 1.54) is 96.3 Å². The van der Waals surface area contributed by atoms with E-state index in [2.05, 4.69) is 165 Å². The second kappa shape index (κ2) is 61.2. The van der Waals surface area contributed by atoms with Gasteiger partial charge in [-0.05, 0) is 109 Å². The van der Waals surface area contributed by atoms with Crippen LogP contribution in [0.3, 0.4) is 0 Å². The van der Waals surface area contributed by atoms with Crippen molar-refractivity contribution in [3.8, 4) is 0 Å². The van der Waals surface area contributed by atoms with Gasteiger partial charge < -0.3 is 65.1 Å². The minimum Gasteiger partial charge on any atom is -0.394 e. The first-order valence-electron chi connectivity index (χ1n) is 36.2. The highest BCUT2D eigenvalue weighted by molar-refractivity contribution is 5.76. The molecular formula is C79H129NO13. The van der Waals surface area contributed by atoms with Crippen LogP contribution in [0.4, 0.5) is 0 Å². The lowest BCUT2D eigenvalue weighted by molar-refractivity contribution is -0.359. The van der Waals surface area contributed by atoms with Crippen LogP contribution < -0.4 is 5.32 Å². The number of rotatable bonds is 57. The fourth-order valence-electron chi connectivity index (χ4n) is 10.7. The van der Waals surface area contributed by atoms with E-state index in [1.54, 1.807) is 6.08 Å². The number of ether oxygens (including phenoxy) is 4. The van der Waals surface area contributed by atoms with Crippen molar-refractivity contribution in [2.24, 2.45) is 0 Å². The lowest BCUT2D eigenvalue weighted by atomic mass is 9.97. The van der Waals surface area contributed by atoms with Gasteiger partial charge in [0.15, 0.2) is 12.6 Å². The third-order valence-electron chi connectivity index (χ3n) is 16.5. The van der Waals surface area contributed by atoms with Crippen LogP contribution >= 0.6 is 0 Å². The zero-order chi connectivity index (χ0) is 67.3. The molecule has 14 heteroatoms. The highest BCUT2D eigenvalue weighted by Crippen LogP contribution is 2.30. The lowest BCUT2D eigenvalue weighted by Crippen LogP contribution is -2.65. The number of hydrogen-bond donors (Lipinski definition) is 9. The molecule has 2 rings (SSSR count). The summed E-state index contributed by atoms with van der Waals surface area (Å²) in [7, 11) is 0. The van der Waals surface area contributed by atoms with Crippen LogP contribution in [0, 0.1) is 0 Å². The van der Waals surface area contributed by atoms with E-state index in [-0.39, 0.29) is 18.9 Å². The average molecular weight is 1300 g/mol. The van der Waals surface area contributed by atoms with Gasteiger partial charge in [0.25, 0.3) is 0 Å². The maximum absolute atomic E-state index is 13.3. The molecule has 0 aromatic rings. The van der Waals surface area contributed by atoms with Crippen molar-refractivity contribution in [3.05, 3.63) is 158 Å². The quantitative estimate of drug-likeness (QED) is 0.0204. The van der Waals surface area contributed by atoms with Gasteiger partial charge >= 0.3 is 0 Å². The number of amides is 1. The molecule has 14 nitrogen and oxygen atoms in total. The summed E-state index contributed by atoms with van der Waals surface area (Å²) >= 11 is 0. The third-order valence-corrected chi connectivity index (χ3v) is 16.5. The van der Waals surface area contributed by atoms with E-state index in [1.807, 2.05) is 6.08 Å². The van der Waals surface area contributed by atoms with Gasteiger partial charge in [0, 0.05) is 6.42 Å². The van der Waals surface area contributed by atoms with Crippen molar-refractivity contribution >= 4 is 5.91 Å². The molecule has 2 aliphatic heterocycles.